The first-order chi connectivity index (χ1) is 7.45. The predicted molar refractivity (Wildman–Crippen MR) is 66.8 cm³/mol. The van der Waals surface area contributed by atoms with E-state index in [1.165, 1.54) is 19.0 Å². The lowest BCUT2D eigenvalue weighted by molar-refractivity contribution is -0.870. The molecule has 0 spiro atoms. The third-order valence-electron chi connectivity index (χ3n) is 2.20. The van der Waals surface area contributed by atoms with Gasteiger partial charge in [-0.25, -0.2) is 4.79 Å². The Balaban J connectivity index is 3.16. The minimum atomic E-state index is -0.329. The molecule has 0 heterocycles. The van der Waals surface area contributed by atoms with Crippen molar-refractivity contribution in [1.82, 2.24) is 0 Å². The number of hydrogen-bond donors (Lipinski definition) is 0. The molecule has 0 aromatic rings. The third-order valence-corrected chi connectivity index (χ3v) is 2.20. The van der Waals surface area contributed by atoms with Crippen LogP contribution in [0.25, 0.3) is 0 Å². The highest BCUT2D eigenvalue weighted by atomic mass is 16.5. The van der Waals surface area contributed by atoms with E-state index in [4.69, 9.17) is 4.74 Å². The fraction of sp³-hybridized carbons (Fsp3) is 0.692. The number of carbonyl (C=O) groups excluding carboxylic acids is 1. The summed E-state index contributed by atoms with van der Waals surface area (Å²) in [7, 11) is 6.61. The van der Waals surface area contributed by atoms with Crippen molar-refractivity contribution >= 4 is 5.97 Å². The quantitative estimate of drug-likeness (QED) is 0.261. The summed E-state index contributed by atoms with van der Waals surface area (Å²) in [6, 6.07) is 0. The van der Waals surface area contributed by atoms with Gasteiger partial charge in [0.1, 0.15) is 0 Å². The number of rotatable bonds is 9. The zero-order chi connectivity index (χ0) is 12.4. The van der Waals surface area contributed by atoms with Crippen molar-refractivity contribution in [2.75, 3.05) is 34.3 Å². The summed E-state index contributed by atoms with van der Waals surface area (Å²) >= 11 is 0. The van der Waals surface area contributed by atoms with Crippen LogP contribution >= 0.6 is 0 Å². The Morgan fingerprint density at radius 1 is 1.25 bits per heavy atom. The van der Waals surface area contributed by atoms with E-state index in [0.717, 1.165) is 23.7 Å². The minimum Gasteiger partial charge on any atom is -0.463 e. The molecule has 93 valence electrons. The van der Waals surface area contributed by atoms with Crippen molar-refractivity contribution in [3.05, 3.63) is 19.1 Å². The van der Waals surface area contributed by atoms with Crippen molar-refractivity contribution in [1.29, 1.82) is 0 Å². The molecule has 0 saturated heterocycles. The topological polar surface area (TPSA) is 26.3 Å². The maximum atomic E-state index is 10.7. The van der Waals surface area contributed by atoms with Crippen LogP contribution in [-0.2, 0) is 9.53 Å². The summed E-state index contributed by atoms with van der Waals surface area (Å²) in [5.74, 6) is -0.329. The molecule has 0 aliphatic rings. The molecule has 0 fully saturated rings. The average Bonchev–Trinajstić information content (AvgIpc) is 2.20. The maximum absolute atomic E-state index is 10.7. The molecule has 3 nitrogen and oxygen atoms in total. The van der Waals surface area contributed by atoms with Crippen molar-refractivity contribution in [3.63, 3.8) is 0 Å². The molecule has 0 aliphatic heterocycles. The van der Waals surface area contributed by atoms with Gasteiger partial charge in [-0.2, -0.15) is 0 Å². The lowest BCUT2D eigenvalue weighted by Gasteiger charge is -2.23. The van der Waals surface area contributed by atoms with E-state index in [0.29, 0.717) is 6.61 Å². The van der Waals surface area contributed by atoms with Gasteiger partial charge in [0.25, 0.3) is 0 Å². The molecule has 0 N–H and O–H groups in total. The van der Waals surface area contributed by atoms with Gasteiger partial charge in [0.15, 0.2) is 0 Å². The van der Waals surface area contributed by atoms with Gasteiger partial charge < -0.3 is 9.22 Å². The third kappa shape index (κ3) is 11.2. The second-order valence-corrected chi connectivity index (χ2v) is 4.96. The van der Waals surface area contributed by atoms with Gasteiger partial charge in [-0.1, -0.05) is 6.58 Å². The molecule has 3 heteroatoms. The molecule has 0 aromatic carbocycles. The standard InChI is InChI=1S/C13H25NO2/c1-5-13(15)16-12-10-8-6-7-9-11-14(2,3)4/h5-6H,1,7-12H2,2-4H3/q+1. The predicted octanol–water partition coefficient (Wildman–Crippen LogP) is 2.19. The normalized spacial score (nSPS) is 11.2. The van der Waals surface area contributed by atoms with Crippen LogP contribution in [0.2, 0.25) is 0 Å². The van der Waals surface area contributed by atoms with Gasteiger partial charge in [0, 0.05) is 6.08 Å². The lowest BCUT2D eigenvalue weighted by atomic mass is 10.1. The van der Waals surface area contributed by atoms with E-state index < -0.39 is 0 Å². The number of carbonyl (C=O) groups is 1. The van der Waals surface area contributed by atoms with Gasteiger partial charge in [-0.15, -0.1) is 0 Å². The van der Waals surface area contributed by atoms with E-state index in [-0.39, 0.29) is 5.97 Å². The number of nitrogens with zero attached hydrogens (tertiary/aromatic N) is 1. The summed E-state index contributed by atoms with van der Waals surface area (Å²) in [6.07, 6.45) is 7.76. The Bertz CT molecular complexity index is 206. The first-order valence-corrected chi connectivity index (χ1v) is 5.87. The van der Waals surface area contributed by atoms with E-state index >= 15 is 0 Å². The molecule has 1 radical (unpaired) electrons. The summed E-state index contributed by atoms with van der Waals surface area (Å²) in [4.78, 5) is 10.7. The van der Waals surface area contributed by atoms with Crippen molar-refractivity contribution in [2.24, 2.45) is 0 Å². The Morgan fingerprint density at radius 2 is 1.88 bits per heavy atom. The summed E-state index contributed by atoms with van der Waals surface area (Å²) < 4.78 is 5.89. The van der Waals surface area contributed by atoms with Crippen LogP contribution in [0, 0.1) is 6.42 Å². The number of quaternary nitrogens is 1. The molecule has 0 amide bonds. The highest BCUT2D eigenvalue weighted by molar-refractivity contribution is 5.81. The maximum Gasteiger partial charge on any atom is 0.330 e. The Labute approximate surface area is 99.7 Å². The Morgan fingerprint density at radius 3 is 2.44 bits per heavy atom. The van der Waals surface area contributed by atoms with Crippen LogP contribution in [0.3, 0.4) is 0 Å². The van der Waals surface area contributed by atoms with E-state index in [2.05, 4.69) is 34.1 Å². The molecule has 0 unspecified atom stereocenters. The minimum absolute atomic E-state index is 0.329. The van der Waals surface area contributed by atoms with E-state index in [9.17, 15) is 4.79 Å². The SMILES string of the molecule is C=CC(=O)OCCC[CH]CCC[N+](C)(C)C. The zero-order valence-electron chi connectivity index (χ0n) is 10.9. The molecule has 0 rings (SSSR count). The number of ether oxygens (including phenoxy) is 1. The fourth-order valence-corrected chi connectivity index (χ4v) is 1.31. The Kier molecular flexibility index (Phi) is 7.90. The van der Waals surface area contributed by atoms with Crippen LogP contribution in [0.4, 0.5) is 0 Å². The highest BCUT2D eigenvalue weighted by Crippen LogP contribution is 2.04. The molecule has 0 atom stereocenters. The van der Waals surface area contributed by atoms with Crippen LogP contribution < -0.4 is 0 Å². The average molecular weight is 227 g/mol. The van der Waals surface area contributed by atoms with Gasteiger partial charge in [-0.3, -0.25) is 0 Å². The summed E-state index contributed by atoms with van der Waals surface area (Å²) in [5, 5.41) is 0. The molecule has 16 heavy (non-hydrogen) atoms. The smallest absolute Gasteiger partial charge is 0.330 e. The molecular formula is C13H25NO2+. The van der Waals surface area contributed by atoms with Crippen LogP contribution in [-0.4, -0.2) is 44.7 Å². The van der Waals surface area contributed by atoms with Gasteiger partial charge in [0.2, 0.25) is 0 Å². The van der Waals surface area contributed by atoms with Crippen LogP contribution in [0.15, 0.2) is 12.7 Å². The number of esters is 1. The zero-order valence-corrected chi connectivity index (χ0v) is 10.9. The van der Waals surface area contributed by atoms with Crippen LogP contribution in [0.5, 0.6) is 0 Å². The van der Waals surface area contributed by atoms with Gasteiger partial charge in [0.05, 0.1) is 34.3 Å². The van der Waals surface area contributed by atoms with Crippen molar-refractivity contribution < 1.29 is 14.0 Å². The van der Waals surface area contributed by atoms with Crippen LogP contribution in [0.1, 0.15) is 25.7 Å². The molecule has 0 saturated carbocycles. The molecule has 0 aliphatic carbocycles. The fourth-order valence-electron chi connectivity index (χ4n) is 1.31. The Hall–Kier alpha value is -0.830. The first-order valence-electron chi connectivity index (χ1n) is 5.87. The number of hydrogen-bond acceptors (Lipinski definition) is 2. The molecule has 0 aromatic heterocycles. The van der Waals surface area contributed by atoms with Gasteiger partial charge in [-0.05, 0) is 32.1 Å². The molecule has 0 bridgehead atoms. The van der Waals surface area contributed by atoms with Crippen molar-refractivity contribution in [3.8, 4) is 0 Å². The molecular weight excluding hydrogens is 202 g/mol. The summed E-state index contributed by atoms with van der Waals surface area (Å²) in [6.45, 7) is 5.03. The van der Waals surface area contributed by atoms with E-state index in [1.807, 2.05) is 0 Å². The van der Waals surface area contributed by atoms with E-state index in [1.54, 1.807) is 0 Å². The second-order valence-electron chi connectivity index (χ2n) is 4.96. The lowest BCUT2D eigenvalue weighted by Crippen LogP contribution is -2.35. The second kappa shape index (κ2) is 8.34. The summed E-state index contributed by atoms with van der Waals surface area (Å²) in [5.41, 5.74) is 0. The monoisotopic (exact) mass is 227 g/mol. The first kappa shape index (κ1) is 15.2. The number of unbranched alkanes of at least 4 members (excludes halogenated alkanes) is 4. The largest absolute Gasteiger partial charge is 0.463 e. The van der Waals surface area contributed by atoms with Crippen molar-refractivity contribution in [2.45, 2.75) is 25.7 Å². The highest BCUT2D eigenvalue weighted by Gasteiger charge is 2.05. The van der Waals surface area contributed by atoms with Gasteiger partial charge >= 0.3 is 5.97 Å².